The molecule has 1 aromatic carbocycles. The minimum atomic E-state index is -3.90. The van der Waals surface area contributed by atoms with Gasteiger partial charge in [0.2, 0.25) is 10.0 Å². The molecule has 10 heteroatoms. The first-order valence-corrected chi connectivity index (χ1v) is 12.0. The summed E-state index contributed by atoms with van der Waals surface area (Å²) in [6, 6.07) is 12.0. The Morgan fingerprint density at radius 3 is 2.37 bits per heavy atom. The molecule has 2 aromatic heterocycles. The van der Waals surface area contributed by atoms with E-state index in [4.69, 9.17) is 11.6 Å². The fraction of sp³-hybridized carbons (Fsp3) is 0.118. The number of thiophene rings is 1. The topological polar surface area (TPSA) is 93.2 Å². The van der Waals surface area contributed by atoms with Crippen LogP contribution in [-0.4, -0.2) is 28.4 Å². The van der Waals surface area contributed by atoms with E-state index < -0.39 is 25.1 Å². The third-order valence-electron chi connectivity index (χ3n) is 3.79. The van der Waals surface area contributed by atoms with Gasteiger partial charge in [0.1, 0.15) is 9.46 Å². The van der Waals surface area contributed by atoms with Gasteiger partial charge in [-0.1, -0.05) is 23.7 Å². The van der Waals surface area contributed by atoms with Crippen molar-refractivity contribution in [1.29, 1.82) is 0 Å². The standard InChI is InChI=1S/C17H15ClN2O4S3/c18-14-5-7-15(8-6-14)27(23,24)20-12-16(13-3-1-9-19-11-13)26(21,22)17-4-2-10-25-17/h1-11,16,20H,12H2. The lowest BCUT2D eigenvalue weighted by Crippen LogP contribution is -2.31. The third kappa shape index (κ3) is 4.56. The normalized spacial score (nSPS) is 13.4. The van der Waals surface area contributed by atoms with Crippen LogP contribution in [0.4, 0.5) is 0 Å². The first-order chi connectivity index (χ1) is 12.8. The van der Waals surface area contributed by atoms with E-state index in [-0.39, 0.29) is 15.6 Å². The summed E-state index contributed by atoms with van der Waals surface area (Å²) in [7, 11) is -7.69. The first kappa shape index (κ1) is 20.0. The Labute approximate surface area is 166 Å². The minimum Gasteiger partial charge on any atom is -0.264 e. The number of rotatable bonds is 7. The molecule has 27 heavy (non-hydrogen) atoms. The summed E-state index contributed by atoms with van der Waals surface area (Å²) in [5, 5.41) is 0.958. The lowest BCUT2D eigenvalue weighted by atomic mass is 10.2. The van der Waals surface area contributed by atoms with Crippen LogP contribution in [0, 0.1) is 0 Å². The van der Waals surface area contributed by atoms with Crippen molar-refractivity contribution in [3.05, 3.63) is 76.9 Å². The Bertz CT molecular complexity index is 1100. The summed E-state index contributed by atoms with van der Waals surface area (Å²) in [5.41, 5.74) is 0.407. The van der Waals surface area contributed by atoms with Gasteiger partial charge in [0, 0.05) is 24.0 Å². The molecule has 3 rings (SSSR count). The van der Waals surface area contributed by atoms with Gasteiger partial charge in [0.15, 0.2) is 9.84 Å². The average molecular weight is 443 g/mol. The van der Waals surface area contributed by atoms with Crippen LogP contribution < -0.4 is 4.72 Å². The molecule has 0 saturated heterocycles. The van der Waals surface area contributed by atoms with Gasteiger partial charge in [-0.05, 0) is 47.3 Å². The highest BCUT2D eigenvalue weighted by Crippen LogP contribution is 2.31. The second-order valence-corrected chi connectivity index (χ2v) is 11.1. The van der Waals surface area contributed by atoms with E-state index in [1.54, 1.807) is 23.6 Å². The van der Waals surface area contributed by atoms with Crippen LogP contribution in [-0.2, 0) is 19.9 Å². The number of sulfonamides is 1. The number of hydrogen-bond acceptors (Lipinski definition) is 6. The fourth-order valence-corrected chi connectivity index (χ4v) is 6.55. The van der Waals surface area contributed by atoms with Crippen molar-refractivity contribution in [3.63, 3.8) is 0 Å². The molecule has 1 unspecified atom stereocenters. The van der Waals surface area contributed by atoms with E-state index in [1.165, 1.54) is 42.7 Å². The minimum absolute atomic E-state index is 0.00496. The maximum atomic E-state index is 13.0. The van der Waals surface area contributed by atoms with Crippen LogP contribution in [0.5, 0.6) is 0 Å². The highest BCUT2D eigenvalue weighted by atomic mass is 35.5. The van der Waals surface area contributed by atoms with Crippen molar-refractivity contribution in [2.24, 2.45) is 0 Å². The van der Waals surface area contributed by atoms with E-state index in [0.29, 0.717) is 10.6 Å². The summed E-state index contributed by atoms with van der Waals surface area (Å²) in [6.07, 6.45) is 2.95. The monoisotopic (exact) mass is 442 g/mol. The van der Waals surface area contributed by atoms with Crippen LogP contribution in [0.2, 0.25) is 5.02 Å². The molecular weight excluding hydrogens is 428 g/mol. The zero-order chi connectivity index (χ0) is 19.5. The first-order valence-electron chi connectivity index (χ1n) is 7.73. The lowest BCUT2D eigenvalue weighted by molar-refractivity contribution is 0.569. The Kier molecular flexibility index (Phi) is 5.97. The molecule has 6 nitrogen and oxygen atoms in total. The predicted octanol–water partition coefficient (Wildman–Crippen LogP) is 3.29. The number of benzene rings is 1. The van der Waals surface area contributed by atoms with Crippen molar-refractivity contribution in [2.45, 2.75) is 14.4 Å². The van der Waals surface area contributed by atoms with Crippen LogP contribution in [0.25, 0.3) is 0 Å². The number of nitrogens with zero attached hydrogens (tertiary/aromatic N) is 1. The molecule has 0 fully saturated rings. The molecule has 0 aliphatic rings. The van der Waals surface area contributed by atoms with Crippen molar-refractivity contribution < 1.29 is 16.8 Å². The molecule has 0 aliphatic heterocycles. The molecular formula is C17H15ClN2O4S3. The molecule has 1 N–H and O–H groups in total. The predicted molar refractivity (Wildman–Crippen MR) is 105 cm³/mol. The van der Waals surface area contributed by atoms with Gasteiger partial charge in [0.25, 0.3) is 0 Å². The van der Waals surface area contributed by atoms with Crippen molar-refractivity contribution in [3.8, 4) is 0 Å². The van der Waals surface area contributed by atoms with Gasteiger partial charge in [-0.15, -0.1) is 11.3 Å². The highest BCUT2D eigenvalue weighted by molar-refractivity contribution is 7.93. The molecule has 0 saturated carbocycles. The van der Waals surface area contributed by atoms with E-state index in [0.717, 1.165) is 11.3 Å². The van der Waals surface area contributed by atoms with E-state index in [2.05, 4.69) is 9.71 Å². The second-order valence-electron chi connectivity index (χ2n) is 5.56. The lowest BCUT2D eigenvalue weighted by Gasteiger charge is -2.18. The van der Waals surface area contributed by atoms with E-state index in [9.17, 15) is 16.8 Å². The van der Waals surface area contributed by atoms with E-state index in [1.807, 2.05) is 0 Å². The maximum Gasteiger partial charge on any atom is 0.240 e. The molecule has 0 bridgehead atoms. The van der Waals surface area contributed by atoms with E-state index >= 15 is 0 Å². The van der Waals surface area contributed by atoms with Gasteiger partial charge in [-0.25, -0.2) is 21.6 Å². The van der Waals surface area contributed by atoms with Crippen molar-refractivity contribution >= 4 is 42.8 Å². The SMILES string of the molecule is O=S(=O)(NCC(c1cccnc1)S(=O)(=O)c1cccs1)c1ccc(Cl)cc1. The molecule has 0 amide bonds. The zero-order valence-corrected chi connectivity index (χ0v) is 17.0. The molecule has 0 spiro atoms. The molecule has 0 radical (unpaired) electrons. The second kappa shape index (κ2) is 8.07. The van der Waals surface area contributed by atoms with Crippen molar-refractivity contribution in [2.75, 3.05) is 6.54 Å². The number of aromatic nitrogens is 1. The van der Waals surface area contributed by atoms with Crippen LogP contribution >= 0.6 is 22.9 Å². The van der Waals surface area contributed by atoms with Gasteiger partial charge < -0.3 is 0 Å². The molecule has 0 aliphatic carbocycles. The van der Waals surface area contributed by atoms with Gasteiger partial charge >= 0.3 is 0 Å². The van der Waals surface area contributed by atoms with Crippen LogP contribution in [0.15, 0.2) is 75.4 Å². The molecule has 3 aromatic rings. The van der Waals surface area contributed by atoms with Gasteiger partial charge in [-0.2, -0.15) is 0 Å². The maximum absolute atomic E-state index is 13.0. The quantitative estimate of drug-likeness (QED) is 0.606. The van der Waals surface area contributed by atoms with Crippen LogP contribution in [0.1, 0.15) is 10.8 Å². The zero-order valence-electron chi connectivity index (χ0n) is 13.8. The summed E-state index contributed by atoms with van der Waals surface area (Å²) in [6.45, 7) is -0.323. The Morgan fingerprint density at radius 2 is 1.78 bits per heavy atom. The number of hydrogen-bond donors (Lipinski definition) is 1. The number of sulfone groups is 1. The van der Waals surface area contributed by atoms with Crippen LogP contribution in [0.3, 0.4) is 0 Å². The highest BCUT2D eigenvalue weighted by Gasteiger charge is 2.31. The largest absolute Gasteiger partial charge is 0.264 e. The summed E-state index contributed by atoms with van der Waals surface area (Å²) in [5.74, 6) is 0. The van der Waals surface area contributed by atoms with Gasteiger partial charge in [0.05, 0.1) is 4.90 Å². The number of pyridine rings is 1. The molecule has 1 atom stereocenters. The average Bonchev–Trinajstić information content (AvgIpc) is 3.18. The van der Waals surface area contributed by atoms with Crippen molar-refractivity contribution in [1.82, 2.24) is 9.71 Å². The Morgan fingerprint density at radius 1 is 1.04 bits per heavy atom. The third-order valence-corrected chi connectivity index (χ3v) is 9.01. The number of nitrogens with one attached hydrogen (secondary N) is 1. The smallest absolute Gasteiger partial charge is 0.240 e. The van der Waals surface area contributed by atoms with Gasteiger partial charge in [-0.3, -0.25) is 4.98 Å². The molecule has 142 valence electrons. The fourth-order valence-electron chi connectivity index (χ4n) is 2.42. The summed E-state index contributed by atoms with van der Waals surface area (Å²) < 4.78 is 53.7. The Balaban J connectivity index is 1.92. The summed E-state index contributed by atoms with van der Waals surface area (Å²) in [4.78, 5) is 3.96. The summed E-state index contributed by atoms with van der Waals surface area (Å²) >= 11 is 6.87. The Hall–Kier alpha value is -1.78. The molecule has 2 heterocycles. The number of halogens is 1.